The van der Waals surface area contributed by atoms with Crippen molar-refractivity contribution < 1.29 is 0 Å². The molecule has 2 rings (SSSR count). The summed E-state index contributed by atoms with van der Waals surface area (Å²) in [4.78, 5) is 3.91. The Balaban J connectivity index is 2.30. The molecule has 1 heterocycles. The Labute approximate surface area is 81.7 Å². The van der Waals surface area contributed by atoms with Crippen molar-refractivity contribution in [2.24, 2.45) is 0 Å². The molecule has 0 radical (unpaired) electrons. The quantitative estimate of drug-likeness (QED) is 0.633. The summed E-state index contributed by atoms with van der Waals surface area (Å²) in [7, 11) is 0. The van der Waals surface area contributed by atoms with Gasteiger partial charge < -0.3 is 0 Å². The molecular weight excluding hydrogens is 193 g/mol. The van der Waals surface area contributed by atoms with Gasteiger partial charge in [0.2, 0.25) is 0 Å². The molecule has 1 aliphatic rings. The Bertz CT molecular complexity index is 274. The second kappa shape index (κ2) is 3.23. The van der Waals surface area contributed by atoms with E-state index in [1.807, 2.05) is 12.1 Å². The van der Waals surface area contributed by atoms with Crippen LogP contribution in [0.15, 0.2) is 12.1 Å². The third kappa shape index (κ3) is 1.57. The third-order valence-electron chi connectivity index (χ3n) is 2.36. The Hall–Kier alpha value is -0.270. The van der Waals surface area contributed by atoms with Gasteiger partial charge in [-0.2, -0.15) is 0 Å². The van der Waals surface area contributed by atoms with Crippen LogP contribution in [0.5, 0.6) is 0 Å². The van der Waals surface area contributed by atoms with Gasteiger partial charge in [-0.05, 0) is 36.5 Å². The molecule has 0 unspecified atom stereocenters. The number of hydrogen-bond donors (Lipinski definition) is 0. The van der Waals surface area contributed by atoms with E-state index in [-0.39, 0.29) is 0 Å². The molecule has 0 bridgehead atoms. The zero-order valence-corrected chi connectivity index (χ0v) is 8.07. The van der Waals surface area contributed by atoms with E-state index in [4.69, 9.17) is 23.2 Å². The van der Waals surface area contributed by atoms with Crippen molar-refractivity contribution in [3.05, 3.63) is 28.0 Å². The van der Waals surface area contributed by atoms with Crippen LogP contribution in [0, 0.1) is 0 Å². The van der Waals surface area contributed by atoms with E-state index in [2.05, 4.69) is 4.98 Å². The van der Waals surface area contributed by atoms with Crippen LogP contribution in [0.25, 0.3) is 0 Å². The average Bonchev–Trinajstić information content (AvgIpc) is 1.79. The highest BCUT2D eigenvalue weighted by Gasteiger charge is 2.20. The van der Waals surface area contributed by atoms with E-state index in [0.29, 0.717) is 16.2 Å². The highest BCUT2D eigenvalue weighted by Crippen LogP contribution is 2.37. The van der Waals surface area contributed by atoms with Gasteiger partial charge in [-0.15, -0.1) is 0 Å². The van der Waals surface area contributed by atoms with Crippen molar-refractivity contribution in [1.29, 1.82) is 0 Å². The van der Waals surface area contributed by atoms with Crippen LogP contribution < -0.4 is 0 Å². The maximum Gasteiger partial charge on any atom is 0.131 e. The van der Waals surface area contributed by atoms with E-state index in [1.165, 1.54) is 24.8 Å². The van der Waals surface area contributed by atoms with Gasteiger partial charge >= 0.3 is 0 Å². The second-order valence-corrected chi connectivity index (χ2v) is 3.95. The Morgan fingerprint density at radius 2 is 1.75 bits per heavy atom. The number of aromatic nitrogens is 1. The smallest absolute Gasteiger partial charge is 0.131 e. The molecule has 0 amide bonds. The molecule has 0 N–H and O–H groups in total. The highest BCUT2D eigenvalue weighted by atomic mass is 35.5. The predicted molar refractivity (Wildman–Crippen MR) is 50.8 cm³/mol. The summed E-state index contributed by atoms with van der Waals surface area (Å²) in [6, 6.07) is 3.83. The number of pyridine rings is 1. The van der Waals surface area contributed by atoms with Gasteiger partial charge in [-0.25, -0.2) is 4.98 Å². The van der Waals surface area contributed by atoms with E-state index < -0.39 is 0 Å². The second-order valence-electron chi connectivity index (χ2n) is 3.17. The summed E-state index contributed by atoms with van der Waals surface area (Å²) in [6.45, 7) is 0. The Morgan fingerprint density at radius 3 is 2.17 bits per heavy atom. The minimum absolute atomic E-state index is 0.504. The fraction of sp³-hybridized carbons (Fsp3) is 0.444. The third-order valence-corrected chi connectivity index (χ3v) is 2.75. The molecule has 1 aliphatic carbocycles. The fourth-order valence-corrected chi connectivity index (χ4v) is 1.94. The van der Waals surface area contributed by atoms with Crippen molar-refractivity contribution in [2.45, 2.75) is 25.2 Å². The van der Waals surface area contributed by atoms with Gasteiger partial charge in [0, 0.05) is 0 Å². The lowest BCUT2D eigenvalue weighted by molar-refractivity contribution is 0.419. The normalized spacial score (nSPS) is 17.5. The summed E-state index contributed by atoms with van der Waals surface area (Å²) in [6.07, 6.45) is 3.84. The average molecular weight is 202 g/mol. The summed E-state index contributed by atoms with van der Waals surface area (Å²) in [5, 5.41) is 1.01. The molecule has 64 valence electrons. The Kier molecular flexibility index (Phi) is 2.24. The lowest BCUT2D eigenvalue weighted by Crippen LogP contribution is -2.08. The largest absolute Gasteiger partial charge is 0.224 e. The van der Waals surface area contributed by atoms with Crippen LogP contribution in [-0.2, 0) is 0 Å². The van der Waals surface area contributed by atoms with Crippen molar-refractivity contribution in [3.8, 4) is 0 Å². The SMILES string of the molecule is Clc1cc(C2CCC2)cc(Cl)n1. The van der Waals surface area contributed by atoms with Crippen molar-refractivity contribution >= 4 is 23.2 Å². The number of hydrogen-bond acceptors (Lipinski definition) is 1. The van der Waals surface area contributed by atoms with E-state index >= 15 is 0 Å². The minimum atomic E-state index is 0.504. The van der Waals surface area contributed by atoms with Gasteiger partial charge in [-0.1, -0.05) is 29.6 Å². The van der Waals surface area contributed by atoms with Crippen LogP contribution in [-0.4, -0.2) is 4.98 Å². The van der Waals surface area contributed by atoms with Gasteiger partial charge in [0.15, 0.2) is 0 Å². The molecule has 3 heteroatoms. The van der Waals surface area contributed by atoms with Gasteiger partial charge in [-0.3, -0.25) is 0 Å². The number of halogens is 2. The summed E-state index contributed by atoms with van der Waals surface area (Å²) < 4.78 is 0. The van der Waals surface area contributed by atoms with Gasteiger partial charge in [0.25, 0.3) is 0 Å². The summed E-state index contributed by atoms with van der Waals surface area (Å²) >= 11 is 11.6. The van der Waals surface area contributed by atoms with Gasteiger partial charge in [0.1, 0.15) is 10.3 Å². The molecular formula is C9H9Cl2N. The Morgan fingerprint density at radius 1 is 1.17 bits per heavy atom. The monoisotopic (exact) mass is 201 g/mol. The molecule has 12 heavy (non-hydrogen) atoms. The first kappa shape index (κ1) is 8.33. The predicted octanol–water partition coefficient (Wildman–Crippen LogP) is 3.66. The maximum atomic E-state index is 5.78. The molecule has 1 fully saturated rings. The lowest BCUT2D eigenvalue weighted by Gasteiger charge is -2.25. The topological polar surface area (TPSA) is 12.9 Å². The molecule has 0 atom stereocenters. The molecule has 1 aromatic rings. The lowest BCUT2D eigenvalue weighted by atomic mass is 9.80. The standard InChI is InChI=1S/C9H9Cl2N/c10-8-4-7(5-9(11)12-8)6-2-1-3-6/h4-6H,1-3H2. The van der Waals surface area contributed by atoms with E-state index in [1.54, 1.807) is 0 Å². The first-order valence-corrected chi connectivity index (χ1v) is 4.84. The molecule has 1 nitrogen and oxygen atoms in total. The minimum Gasteiger partial charge on any atom is -0.224 e. The van der Waals surface area contributed by atoms with Crippen LogP contribution >= 0.6 is 23.2 Å². The number of rotatable bonds is 1. The van der Waals surface area contributed by atoms with Crippen molar-refractivity contribution in [1.82, 2.24) is 4.98 Å². The van der Waals surface area contributed by atoms with Crippen LogP contribution in [0.3, 0.4) is 0 Å². The maximum absolute atomic E-state index is 5.78. The zero-order chi connectivity index (χ0) is 8.55. The molecule has 0 aromatic carbocycles. The first-order valence-electron chi connectivity index (χ1n) is 4.09. The summed E-state index contributed by atoms with van der Waals surface area (Å²) in [5.74, 6) is 0.669. The molecule has 1 saturated carbocycles. The van der Waals surface area contributed by atoms with Crippen LogP contribution in [0.1, 0.15) is 30.7 Å². The zero-order valence-electron chi connectivity index (χ0n) is 6.56. The summed E-state index contributed by atoms with van der Waals surface area (Å²) in [5.41, 5.74) is 1.24. The van der Waals surface area contributed by atoms with Crippen LogP contribution in [0.4, 0.5) is 0 Å². The highest BCUT2D eigenvalue weighted by molar-refractivity contribution is 6.32. The fourth-order valence-electron chi connectivity index (χ4n) is 1.46. The molecule has 0 spiro atoms. The number of nitrogens with zero attached hydrogens (tertiary/aromatic N) is 1. The molecule has 1 aromatic heterocycles. The van der Waals surface area contributed by atoms with E-state index in [0.717, 1.165) is 0 Å². The van der Waals surface area contributed by atoms with Crippen molar-refractivity contribution in [3.63, 3.8) is 0 Å². The molecule has 0 saturated heterocycles. The van der Waals surface area contributed by atoms with E-state index in [9.17, 15) is 0 Å². The van der Waals surface area contributed by atoms with Crippen LogP contribution in [0.2, 0.25) is 10.3 Å². The van der Waals surface area contributed by atoms with Gasteiger partial charge in [0.05, 0.1) is 0 Å². The molecule has 0 aliphatic heterocycles. The first-order chi connectivity index (χ1) is 5.75. The van der Waals surface area contributed by atoms with Crippen molar-refractivity contribution in [2.75, 3.05) is 0 Å².